The van der Waals surface area contributed by atoms with E-state index in [2.05, 4.69) is 10.6 Å². The molecule has 2 unspecified atom stereocenters. The molecule has 43 heavy (non-hydrogen) atoms. The Kier molecular flexibility index (Phi) is 13.1. The summed E-state index contributed by atoms with van der Waals surface area (Å²) in [5.41, 5.74) is 17.1. The van der Waals surface area contributed by atoms with E-state index >= 15 is 0 Å². The lowest BCUT2D eigenvalue weighted by Gasteiger charge is -2.51. The number of nitrogens with two attached hydrogens (primary N) is 3. The number of likely N-dealkylation sites (N-methyl/N-ethyl adjacent to an activating group) is 1. The maximum atomic E-state index is 12.8. The van der Waals surface area contributed by atoms with Crippen molar-refractivity contribution in [2.45, 2.75) is 98.9 Å². The summed E-state index contributed by atoms with van der Waals surface area (Å²) >= 11 is 0. The van der Waals surface area contributed by atoms with Crippen LogP contribution in [0, 0.1) is 5.92 Å². The fourth-order valence-corrected chi connectivity index (χ4v) is 6.32. The first-order chi connectivity index (χ1) is 20.2. The number of nitrogens with zero attached hydrogens (tertiary/aromatic N) is 1. The molecule has 0 bridgehead atoms. The Morgan fingerprint density at radius 1 is 1.23 bits per heavy atom. The third kappa shape index (κ3) is 8.82. The summed E-state index contributed by atoms with van der Waals surface area (Å²) in [6, 6.07) is -2.93. The zero-order valence-corrected chi connectivity index (χ0v) is 25.2. The van der Waals surface area contributed by atoms with E-state index < -0.39 is 91.1 Å². The number of aliphatic hydroxyl groups excluding tert-OH is 5. The van der Waals surface area contributed by atoms with Crippen molar-refractivity contribution in [1.82, 2.24) is 15.5 Å². The molecule has 1 amide bonds. The molecule has 16 nitrogen and oxygen atoms in total. The second kappa shape index (κ2) is 15.7. The van der Waals surface area contributed by atoms with Crippen molar-refractivity contribution in [2.75, 3.05) is 46.9 Å². The smallest absolute Gasteiger partial charge is 0.249 e. The largest absolute Gasteiger partial charge is 0.492 e. The van der Waals surface area contributed by atoms with Crippen molar-refractivity contribution in [1.29, 1.82) is 0 Å². The van der Waals surface area contributed by atoms with Gasteiger partial charge in [0.1, 0.15) is 35.8 Å². The zero-order chi connectivity index (χ0) is 32.1. The highest BCUT2D eigenvalue weighted by atomic mass is 16.7. The Balaban J connectivity index is 1.84. The molecule has 1 saturated carbocycles. The van der Waals surface area contributed by atoms with Gasteiger partial charge in [0.25, 0.3) is 0 Å². The molecular formula is C27H52N6O10. The minimum atomic E-state index is -1.40. The van der Waals surface area contributed by atoms with Gasteiger partial charge in [0, 0.05) is 24.5 Å². The summed E-state index contributed by atoms with van der Waals surface area (Å²) in [5.74, 6) is -0.966. The van der Waals surface area contributed by atoms with Crippen LogP contribution >= 0.6 is 0 Å². The second-order valence-electron chi connectivity index (χ2n) is 12.3. The first-order valence-corrected chi connectivity index (χ1v) is 14.8. The molecule has 0 radical (unpaired) electrons. The lowest BCUT2D eigenvalue weighted by atomic mass is 9.72. The van der Waals surface area contributed by atoms with Gasteiger partial charge in [-0.1, -0.05) is 0 Å². The SMILES string of the molecule is CN(C)[C@@H]1[C@@H](O)[C@@H](O[C@H]2[C@H](NC(=O)[C@H](O)CCN)C[C@H](N)C([C@H]3OC(CNCC(O)CO)=CC[C@H]3N)[C@@H]2O)OC[C@]1(C)O. The quantitative estimate of drug-likeness (QED) is 0.0917. The number of rotatable bonds is 13. The Labute approximate surface area is 252 Å². The summed E-state index contributed by atoms with van der Waals surface area (Å²) < 4.78 is 18.1. The normalized spacial score (nSPS) is 40.0. The van der Waals surface area contributed by atoms with Crippen LogP contribution in [-0.2, 0) is 19.0 Å². The summed E-state index contributed by atoms with van der Waals surface area (Å²) in [6.45, 7) is 1.44. The third-order valence-electron chi connectivity index (χ3n) is 8.44. The van der Waals surface area contributed by atoms with E-state index in [0.29, 0.717) is 12.2 Å². The highest BCUT2D eigenvalue weighted by Gasteiger charge is 2.54. The molecule has 250 valence electrons. The zero-order valence-electron chi connectivity index (χ0n) is 25.2. The van der Waals surface area contributed by atoms with Crippen LogP contribution in [0.4, 0.5) is 0 Å². The van der Waals surface area contributed by atoms with E-state index in [4.69, 9.17) is 36.5 Å². The van der Waals surface area contributed by atoms with Crippen LogP contribution in [0.2, 0.25) is 0 Å². The molecule has 2 heterocycles. The number of ether oxygens (including phenoxy) is 3. The number of carbonyl (C=O) groups excluding carboxylic acids is 1. The summed E-state index contributed by atoms with van der Waals surface area (Å²) in [6.07, 6.45) is -5.88. The molecule has 14 N–H and O–H groups in total. The Bertz CT molecular complexity index is 929. The van der Waals surface area contributed by atoms with Crippen LogP contribution in [0.1, 0.15) is 26.2 Å². The topological polar surface area (TPSA) is 271 Å². The van der Waals surface area contributed by atoms with Crippen molar-refractivity contribution >= 4 is 5.91 Å². The number of carbonyl (C=O) groups is 1. The van der Waals surface area contributed by atoms with Crippen LogP contribution in [0.3, 0.4) is 0 Å². The van der Waals surface area contributed by atoms with Crippen LogP contribution in [0.25, 0.3) is 0 Å². The number of hydrogen-bond acceptors (Lipinski definition) is 15. The Hall–Kier alpha value is -1.51. The monoisotopic (exact) mass is 620 g/mol. The van der Waals surface area contributed by atoms with E-state index in [9.17, 15) is 30.3 Å². The minimum Gasteiger partial charge on any atom is -0.492 e. The molecule has 13 atom stereocenters. The fourth-order valence-electron chi connectivity index (χ4n) is 6.32. The van der Waals surface area contributed by atoms with Crippen LogP contribution < -0.4 is 27.8 Å². The molecule has 2 aliphatic heterocycles. The molecule has 16 heteroatoms. The van der Waals surface area contributed by atoms with E-state index in [-0.39, 0.29) is 39.1 Å². The summed E-state index contributed by atoms with van der Waals surface area (Å²) in [4.78, 5) is 14.4. The number of aliphatic hydroxyl groups is 6. The van der Waals surface area contributed by atoms with Gasteiger partial charge in [0.2, 0.25) is 5.91 Å². The average molecular weight is 621 g/mol. The molecule has 0 aromatic carbocycles. The second-order valence-corrected chi connectivity index (χ2v) is 12.3. The first kappa shape index (κ1) is 36.0. The van der Waals surface area contributed by atoms with Gasteiger partial charge in [0.05, 0.1) is 44.1 Å². The standard InChI is InChI=1S/C27H52N6O10/c1-27(40)12-41-26(21(38)24(27)33(2)3)43-23-17(32-25(39)18(36)6-7-28)8-16(30)19(20(23)37)22-15(29)5-4-14(42-22)10-31-9-13(35)11-34/h4,13,15-24,26,31,34-38,40H,5-12,28-30H2,1-3H3,(H,32,39)/t13?,15-,16+,17-,18-,19?,20+,21-,22+,23+,24-,26-,27+/m1/s1. The highest BCUT2D eigenvalue weighted by Crippen LogP contribution is 2.37. The Morgan fingerprint density at radius 2 is 1.93 bits per heavy atom. The van der Waals surface area contributed by atoms with Gasteiger partial charge in [-0.25, -0.2) is 0 Å². The van der Waals surface area contributed by atoms with Crippen LogP contribution in [0.5, 0.6) is 0 Å². The maximum Gasteiger partial charge on any atom is 0.249 e. The minimum absolute atomic E-state index is 0.0224. The van der Waals surface area contributed by atoms with Crippen LogP contribution in [-0.4, -0.2) is 161 Å². The molecule has 1 aliphatic carbocycles. The molecule has 0 spiro atoms. The van der Waals surface area contributed by atoms with Gasteiger partial charge >= 0.3 is 0 Å². The van der Waals surface area contributed by atoms with Crippen molar-refractivity contribution in [3.05, 3.63) is 11.8 Å². The van der Waals surface area contributed by atoms with Gasteiger partial charge in [-0.3, -0.25) is 4.79 Å². The molecule has 3 rings (SSSR count). The van der Waals surface area contributed by atoms with Gasteiger partial charge in [-0.2, -0.15) is 0 Å². The predicted molar refractivity (Wildman–Crippen MR) is 154 cm³/mol. The Morgan fingerprint density at radius 3 is 2.56 bits per heavy atom. The van der Waals surface area contributed by atoms with Gasteiger partial charge in [-0.05, 0) is 52.9 Å². The third-order valence-corrected chi connectivity index (χ3v) is 8.44. The van der Waals surface area contributed by atoms with Gasteiger partial charge in [0.15, 0.2) is 6.29 Å². The number of nitrogens with one attached hydrogen (secondary N) is 2. The number of hydrogen-bond donors (Lipinski definition) is 11. The molecular weight excluding hydrogens is 568 g/mol. The van der Waals surface area contributed by atoms with Crippen molar-refractivity contribution in [3.8, 4) is 0 Å². The molecule has 0 aromatic rings. The number of amides is 1. The fraction of sp³-hybridized carbons (Fsp3) is 0.889. The van der Waals surface area contributed by atoms with Gasteiger partial charge < -0.3 is 77.6 Å². The molecule has 3 aliphatic rings. The van der Waals surface area contributed by atoms with E-state index in [0.717, 1.165) is 0 Å². The lowest BCUT2D eigenvalue weighted by Crippen LogP contribution is -2.69. The maximum absolute atomic E-state index is 12.8. The average Bonchev–Trinajstić information content (AvgIpc) is 2.92. The lowest BCUT2D eigenvalue weighted by molar-refractivity contribution is -0.306. The van der Waals surface area contributed by atoms with Gasteiger partial charge in [-0.15, -0.1) is 0 Å². The molecule has 1 saturated heterocycles. The van der Waals surface area contributed by atoms with E-state index in [1.165, 1.54) is 6.92 Å². The predicted octanol–water partition coefficient (Wildman–Crippen LogP) is -5.38. The summed E-state index contributed by atoms with van der Waals surface area (Å²) in [5, 5.41) is 68.4. The molecule has 0 aromatic heterocycles. The summed E-state index contributed by atoms with van der Waals surface area (Å²) in [7, 11) is 3.40. The molecule has 2 fully saturated rings. The highest BCUT2D eigenvalue weighted by molar-refractivity contribution is 5.80. The van der Waals surface area contributed by atoms with E-state index in [1.807, 2.05) is 0 Å². The van der Waals surface area contributed by atoms with Crippen molar-refractivity contribution < 1.29 is 49.6 Å². The van der Waals surface area contributed by atoms with Crippen molar-refractivity contribution in [3.63, 3.8) is 0 Å². The van der Waals surface area contributed by atoms with Crippen molar-refractivity contribution in [2.24, 2.45) is 23.1 Å². The first-order valence-electron chi connectivity index (χ1n) is 14.8. The van der Waals surface area contributed by atoms with Crippen LogP contribution in [0.15, 0.2) is 11.8 Å². The van der Waals surface area contributed by atoms with E-state index in [1.54, 1.807) is 25.1 Å².